The van der Waals surface area contributed by atoms with E-state index in [1.807, 2.05) is 0 Å². The van der Waals surface area contributed by atoms with E-state index < -0.39 is 21.3 Å². The van der Waals surface area contributed by atoms with E-state index in [-0.39, 0.29) is 5.56 Å². The van der Waals surface area contributed by atoms with Crippen molar-refractivity contribution < 1.29 is 17.8 Å². The zero-order valence-electron chi connectivity index (χ0n) is 8.04. The second kappa shape index (κ2) is 4.41. The van der Waals surface area contributed by atoms with Gasteiger partial charge in [-0.2, -0.15) is 8.42 Å². The Morgan fingerprint density at radius 2 is 1.87 bits per heavy atom. The van der Waals surface area contributed by atoms with Gasteiger partial charge in [0.25, 0.3) is 10.1 Å². The van der Waals surface area contributed by atoms with E-state index in [0.29, 0.717) is 0 Å². The zero-order valence-corrected chi connectivity index (χ0v) is 8.86. The summed E-state index contributed by atoms with van der Waals surface area (Å²) in [6.45, 7) is 0. The van der Waals surface area contributed by atoms with Crippen LogP contribution in [0.3, 0.4) is 0 Å². The van der Waals surface area contributed by atoms with Crippen LogP contribution in [0.2, 0.25) is 0 Å². The number of amides is 1. The van der Waals surface area contributed by atoms with Crippen molar-refractivity contribution in [2.24, 2.45) is 0 Å². The average molecular weight is 229 g/mol. The van der Waals surface area contributed by atoms with Crippen molar-refractivity contribution in [1.82, 2.24) is 5.32 Å². The number of carbonyl (C=O) groups is 1. The van der Waals surface area contributed by atoms with Gasteiger partial charge in [-0.3, -0.25) is 9.35 Å². The first-order valence-electron chi connectivity index (χ1n) is 4.19. The Morgan fingerprint density at radius 1 is 1.33 bits per heavy atom. The number of nitrogens with one attached hydrogen (secondary N) is 1. The van der Waals surface area contributed by atoms with Gasteiger partial charge in [0.15, 0.2) is 5.25 Å². The number of likely N-dealkylation sites (N-methyl/N-ethyl adjacent to an activating group) is 1. The smallest absolute Gasteiger partial charge is 0.281 e. The minimum Gasteiger partial charge on any atom is -0.358 e. The lowest BCUT2D eigenvalue weighted by atomic mass is 10.1. The molecule has 0 radical (unpaired) electrons. The lowest BCUT2D eigenvalue weighted by Crippen LogP contribution is -2.31. The second-order valence-corrected chi connectivity index (χ2v) is 4.42. The quantitative estimate of drug-likeness (QED) is 0.733. The van der Waals surface area contributed by atoms with Crippen molar-refractivity contribution in [3.63, 3.8) is 0 Å². The van der Waals surface area contributed by atoms with Gasteiger partial charge in [-0.1, -0.05) is 30.3 Å². The monoisotopic (exact) mass is 229 g/mol. The number of carbonyl (C=O) groups excluding carboxylic acids is 1. The molecule has 0 bridgehead atoms. The summed E-state index contributed by atoms with van der Waals surface area (Å²) in [6, 6.07) is 7.81. The number of hydrogen-bond acceptors (Lipinski definition) is 3. The summed E-state index contributed by atoms with van der Waals surface area (Å²) in [5.41, 5.74) is 0.236. The van der Waals surface area contributed by atoms with Gasteiger partial charge in [-0.15, -0.1) is 0 Å². The highest BCUT2D eigenvalue weighted by Gasteiger charge is 2.31. The summed E-state index contributed by atoms with van der Waals surface area (Å²) < 4.78 is 31.0. The maximum Gasteiger partial charge on any atom is 0.281 e. The summed E-state index contributed by atoms with van der Waals surface area (Å²) in [6.07, 6.45) is 0. The molecule has 82 valence electrons. The van der Waals surface area contributed by atoms with Crippen LogP contribution in [-0.4, -0.2) is 25.9 Å². The van der Waals surface area contributed by atoms with Gasteiger partial charge in [0, 0.05) is 7.05 Å². The van der Waals surface area contributed by atoms with E-state index in [1.165, 1.54) is 19.2 Å². The van der Waals surface area contributed by atoms with Crippen LogP contribution in [0.4, 0.5) is 0 Å². The van der Waals surface area contributed by atoms with Crippen LogP contribution in [0.1, 0.15) is 10.8 Å². The molecule has 1 unspecified atom stereocenters. The van der Waals surface area contributed by atoms with Crippen LogP contribution in [0.25, 0.3) is 0 Å². The standard InChI is InChI=1S/C9H11NO4S/c1-10-9(11)8(15(12,13)14)7-5-3-2-4-6-7/h2-6,8H,1H3,(H,10,11)(H,12,13,14). The molecule has 0 spiro atoms. The molecule has 1 aromatic carbocycles. The Bertz CT molecular complexity index is 440. The molecule has 1 amide bonds. The molecule has 0 heterocycles. The van der Waals surface area contributed by atoms with Crippen molar-refractivity contribution in [2.45, 2.75) is 5.25 Å². The molecule has 6 heteroatoms. The molecule has 0 saturated carbocycles. The third kappa shape index (κ3) is 2.77. The topological polar surface area (TPSA) is 83.5 Å². The predicted octanol–water partition coefficient (Wildman–Crippen LogP) is 0.361. The molecule has 15 heavy (non-hydrogen) atoms. The Balaban J connectivity index is 3.20. The van der Waals surface area contributed by atoms with Gasteiger partial charge in [0.2, 0.25) is 5.91 Å². The lowest BCUT2D eigenvalue weighted by molar-refractivity contribution is -0.120. The van der Waals surface area contributed by atoms with Crippen LogP contribution in [-0.2, 0) is 14.9 Å². The first-order chi connectivity index (χ1) is 6.96. The van der Waals surface area contributed by atoms with Crippen molar-refractivity contribution in [2.75, 3.05) is 7.05 Å². The fourth-order valence-corrected chi connectivity index (χ4v) is 2.11. The summed E-state index contributed by atoms with van der Waals surface area (Å²) >= 11 is 0. The summed E-state index contributed by atoms with van der Waals surface area (Å²) in [4.78, 5) is 11.3. The van der Waals surface area contributed by atoms with E-state index in [0.717, 1.165) is 0 Å². The highest BCUT2D eigenvalue weighted by molar-refractivity contribution is 7.86. The number of benzene rings is 1. The Labute approximate surface area is 87.9 Å². The predicted molar refractivity (Wildman–Crippen MR) is 54.8 cm³/mol. The van der Waals surface area contributed by atoms with Gasteiger partial charge < -0.3 is 5.32 Å². The molecule has 0 aliphatic heterocycles. The fourth-order valence-electron chi connectivity index (χ4n) is 1.22. The van der Waals surface area contributed by atoms with Gasteiger partial charge in [-0.05, 0) is 5.56 Å². The van der Waals surface area contributed by atoms with Crippen LogP contribution in [0.15, 0.2) is 30.3 Å². The molecular weight excluding hydrogens is 218 g/mol. The summed E-state index contributed by atoms with van der Waals surface area (Å²) in [7, 11) is -3.13. The van der Waals surface area contributed by atoms with Gasteiger partial charge >= 0.3 is 0 Å². The Kier molecular flexibility index (Phi) is 3.43. The molecule has 0 aliphatic carbocycles. The maximum atomic E-state index is 11.3. The zero-order chi connectivity index (χ0) is 11.5. The number of hydrogen-bond donors (Lipinski definition) is 2. The van der Waals surface area contributed by atoms with E-state index in [4.69, 9.17) is 4.55 Å². The minimum atomic E-state index is -4.44. The van der Waals surface area contributed by atoms with Crippen molar-refractivity contribution in [1.29, 1.82) is 0 Å². The fraction of sp³-hybridized carbons (Fsp3) is 0.222. The Morgan fingerprint density at radius 3 is 2.27 bits per heavy atom. The Hall–Kier alpha value is -1.40. The molecule has 1 aromatic rings. The first kappa shape index (κ1) is 11.7. The minimum absolute atomic E-state index is 0.236. The van der Waals surface area contributed by atoms with E-state index in [2.05, 4.69) is 5.32 Å². The van der Waals surface area contributed by atoms with Gasteiger partial charge in [0.05, 0.1) is 0 Å². The molecule has 1 rings (SSSR count). The molecule has 1 atom stereocenters. The molecule has 5 nitrogen and oxygen atoms in total. The maximum absolute atomic E-state index is 11.3. The van der Waals surface area contributed by atoms with Crippen LogP contribution in [0, 0.1) is 0 Å². The van der Waals surface area contributed by atoms with Crippen LogP contribution >= 0.6 is 0 Å². The summed E-state index contributed by atoms with van der Waals surface area (Å²) in [5, 5.41) is 0.626. The third-order valence-electron chi connectivity index (χ3n) is 1.88. The molecule has 0 aromatic heterocycles. The second-order valence-electron chi connectivity index (χ2n) is 2.92. The average Bonchev–Trinajstić information content (AvgIpc) is 2.17. The first-order valence-corrected chi connectivity index (χ1v) is 5.70. The highest BCUT2D eigenvalue weighted by atomic mass is 32.2. The van der Waals surface area contributed by atoms with Crippen molar-refractivity contribution >= 4 is 16.0 Å². The normalized spacial score (nSPS) is 13.2. The third-order valence-corrected chi connectivity index (χ3v) is 2.97. The lowest BCUT2D eigenvalue weighted by Gasteiger charge is -2.12. The molecular formula is C9H11NO4S. The van der Waals surface area contributed by atoms with Crippen molar-refractivity contribution in [3.8, 4) is 0 Å². The summed E-state index contributed by atoms with van der Waals surface area (Å²) in [5.74, 6) is -0.760. The number of rotatable bonds is 3. The van der Waals surface area contributed by atoms with Crippen molar-refractivity contribution in [3.05, 3.63) is 35.9 Å². The van der Waals surface area contributed by atoms with Gasteiger partial charge in [0.1, 0.15) is 0 Å². The highest BCUT2D eigenvalue weighted by Crippen LogP contribution is 2.20. The molecule has 0 fully saturated rings. The van der Waals surface area contributed by atoms with Gasteiger partial charge in [-0.25, -0.2) is 0 Å². The molecule has 0 aliphatic rings. The molecule has 0 saturated heterocycles. The van der Waals surface area contributed by atoms with E-state index in [1.54, 1.807) is 18.2 Å². The van der Waals surface area contributed by atoms with E-state index >= 15 is 0 Å². The SMILES string of the molecule is CNC(=O)C(c1ccccc1)S(=O)(=O)O. The molecule has 2 N–H and O–H groups in total. The van der Waals surface area contributed by atoms with Crippen LogP contribution < -0.4 is 5.32 Å². The van der Waals surface area contributed by atoms with Crippen LogP contribution in [0.5, 0.6) is 0 Å². The largest absolute Gasteiger partial charge is 0.358 e. The van der Waals surface area contributed by atoms with E-state index in [9.17, 15) is 13.2 Å².